The fourth-order valence-corrected chi connectivity index (χ4v) is 2.67. The fourth-order valence-electron chi connectivity index (χ4n) is 2.18. The van der Waals surface area contributed by atoms with Gasteiger partial charge in [-0.15, -0.1) is 0 Å². The van der Waals surface area contributed by atoms with Crippen molar-refractivity contribution < 1.29 is 9.90 Å². The van der Waals surface area contributed by atoms with Gasteiger partial charge in [0.2, 0.25) is 0 Å². The average Bonchev–Trinajstić information content (AvgIpc) is 2.48. The Hall–Kier alpha value is -1.81. The molecule has 0 aliphatic carbocycles. The number of unbranched alkanes of at least 4 members (excludes halogenated alkanes) is 1. The van der Waals surface area contributed by atoms with Crippen molar-refractivity contribution in [2.45, 2.75) is 19.8 Å². The summed E-state index contributed by atoms with van der Waals surface area (Å²) >= 11 is 3.40. The number of carbonyl (C=O) groups is 1. The van der Waals surface area contributed by atoms with Gasteiger partial charge in [0, 0.05) is 22.4 Å². The van der Waals surface area contributed by atoms with Crippen LogP contribution in [0.4, 0.5) is 11.4 Å². The van der Waals surface area contributed by atoms with Gasteiger partial charge >= 0.3 is 5.97 Å². The smallest absolute Gasteiger partial charge is 0.335 e. The molecule has 0 aromatic heterocycles. The second-order valence-corrected chi connectivity index (χ2v) is 5.76. The molecule has 4 heteroatoms. The molecule has 0 spiro atoms. The number of carboxylic acid groups (broad SMARTS) is 1. The van der Waals surface area contributed by atoms with Crippen molar-refractivity contribution in [3.63, 3.8) is 0 Å². The number of rotatable bonds is 6. The van der Waals surface area contributed by atoms with Gasteiger partial charge in [0.1, 0.15) is 0 Å². The van der Waals surface area contributed by atoms with E-state index in [1.807, 2.05) is 36.4 Å². The lowest BCUT2D eigenvalue weighted by molar-refractivity contribution is 0.0697. The maximum Gasteiger partial charge on any atom is 0.335 e. The molecule has 0 amide bonds. The summed E-state index contributed by atoms with van der Waals surface area (Å²) in [5.74, 6) is -0.916. The minimum Gasteiger partial charge on any atom is -0.478 e. The second kappa shape index (κ2) is 7.27. The predicted molar refractivity (Wildman–Crippen MR) is 89.5 cm³/mol. The van der Waals surface area contributed by atoms with E-state index in [1.54, 1.807) is 12.1 Å². The molecule has 0 unspecified atom stereocenters. The van der Waals surface area contributed by atoms with Gasteiger partial charge in [-0.3, -0.25) is 0 Å². The summed E-state index contributed by atoms with van der Waals surface area (Å²) in [5.41, 5.74) is 2.25. The van der Waals surface area contributed by atoms with Crippen molar-refractivity contribution in [1.29, 1.82) is 0 Å². The molecule has 0 bridgehead atoms. The van der Waals surface area contributed by atoms with E-state index in [2.05, 4.69) is 27.8 Å². The lowest BCUT2D eigenvalue weighted by Gasteiger charge is -2.25. The van der Waals surface area contributed by atoms with Crippen molar-refractivity contribution in [3.8, 4) is 0 Å². The Kier molecular flexibility index (Phi) is 5.39. The largest absolute Gasteiger partial charge is 0.478 e. The number of halogens is 1. The van der Waals surface area contributed by atoms with Crippen molar-refractivity contribution in [3.05, 3.63) is 58.6 Å². The van der Waals surface area contributed by atoms with Crippen molar-refractivity contribution >= 4 is 33.3 Å². The SMILES string of the molecule is CCCCN(c1ccccc1)c1cc(Br)cc(C(=O)O)c1. The molecule has 0 aliphatic heterocycles. The topological polar surface area (TPSA) is 40.5 Å². The van der Waals surface area contributed by atoms with Gasteiger partial charge in [-0.05, 0) is 36.8 Å². The van der Waals surface area contributed by atoms with E-state index >= 15 is 0 Å². The molecule has 0 aliphatic rings. The third-order valence-electron chi connectivity index (χ3n) is 3.24. The van der Waals surface area contributed by atoms with Gasteiger partial charge in [0.15, 0.2) is 0 Å². The predicted octanol–water partition coefficient (Wildman–Crippen LogP) is 5.09. The Morgan fingerprint density at radius 1 is 1.14 bits per heavy atom. The minimum atomic E-state index is -0.916. The first-order chi connectivity index (χ1) is 10.1. The normalized spacial score (nSPS) is 10.4. The van der Waals surface area contributed by atoms with E-state index in [9.17, 15) is 9.90 Å². The van der Waals surface area contributed by atoms with Crippen LogP contribution in [0.2, 0.25) is 0 Å². The van der Waals surface area contributed by atoms with Crippen LogP contribution in [0.5, 0.6) is 0 Å². The van der Waals surface area contributed by atoms with Crippen LogP contribution in [0.15, 0.2) is 53.0 Å². The first-order valence-electron chi connectivity index (χ1n) is 6.98. The number of benzene rings is 2. The van der Waals surface area contributed by atoms with E-state index < -0.39 is 5.97 Å². The molecule has 0 saturated carbocycles. The van der Waals surface area contributed by atoms with Crippen LogP contribution >= 0.6 is 15.9 Å². The van der Waals surface area contributed by atoms with Gasteiger partial charge in [-0.1, -0.05) is 47.5 Å². The molecule has 0 fully saturated rings. The molecule has 2 aromatic carbocycles. The van der Waals surface area contributed by atoms with Crippen LogP contribution in [0.3, 0.4) is 0 Å². The molecule has 2 rings (SSSR count). The molecule has 110 valence electrons. The molecule has 3 nitrogen and oxygen atoms in total. The standard InChI is InChI=1S/C17H18BrNO2/c1-2-3-9-19(15-7-5-4-6-8-15)16-11-13(17(20)21)10-14(18)12-16/h4-8,10-12H,2-3,9H2,1H3,(H,20,21). The molecule has 0 atom stereocenters. The number of hydrogen-bond donors (Lipinski definition) is 1. The van der Waals surface area contributed by atoms with Crippen LogP contribution in [0, 0.1) is 0 Å². The lowest BCUT2D eigenvalue weighted by atomic mass is 10.1. The van der Waals surface area contributed by atoms with E-state index in [1.165, 1.54) is 0 Å². The molecule has 0 heterocycles. The quantitative estimate of drug-likeness (QED) is 0.791. The number of carboxylic acids is 1. The third kappa shape index (κ3) is 4.08. The molecule has 2 aromatic rings. The molecule has 21 heavy (non-hydrogen) atoms. The summed E-state index contributed by atoms with van der Waals surface area (Å²) in [6.07, 6.45) is 2.13. The van der Waals surface area contributed by atoms with Gasteiger partial charge in [0.25, 0.3) is 0 Å². The highest BCUT2D eigenvalue weighted by atomic mass is 79.9. The average molecular weight is 348 g/mol. The Labute approximate surface area is 133 Å². The zero-order valence-corrected chi connectivity index (χ0v) is 13.5. The third-order valence-corrected chi connectivity index (χ3v) is 3.70. The summed E-state index contributed by atoms with van der Waals surface area (Å²) in [7, 11) is 0. The first kappa shape index (κ1) is 15.6. The van der Waals surface area contributed by atoms with Gasteiger partial charge < -0.3 is 10.0 Å². The van der Waals surface area contributed by atoms with Crippen molar-refractivity contribution in [1.82, 2.24) is 0 Å². The van der Waals surface area contributed by atoms with E-state index in [-0.39, 0.29) is 5.56 Å². The molecule has 0 saturated heterocycles. The van der Waals surface area contributed by atoms with Crippen LogP contribution in [-0.4, -0.2) is 17.6 Å². The zero-order valence-electron chi connectivity index (χ0n) is 11.9. The zero-order chi connectivity index (χ0) is 15.2. The number of aromatic carboxylic acids is 1. The summed E-state index contributed by atoms with van der Waals surface area (Å²) in [6, 6.07) is 15.3. The van der Waals surface area contributed by atoms with E-state index in [4.69, 9.17) is 0 Å². The summed E-state index contributed by atoms with van der Waals surface area (Å²) in [6.45, 7) is 3.00. The van der Waals surface area contributed by atoms with Crippen LogP contribution in [-0.2, 0) is 0 Å². The fraction of sp³-hybridized carbons (Fsp3) is 0.235. The molecular weight excluding hydrogens is 330 g/mol. The molecule has 1 N–H and O–H groups in total. The Morgan fingerprint density at radius 2 is 1.86 bits per heavy atom. The monoisotopic (exact) mass is 347 g/mol. The second-order valence-electron chi connectivity index (χ2n) is 4.84. The Morgan fingerprint density at radius 3 is 2.48 bits per heavy atom. The number of anilines is 2. The maximum absolute atomic E-state index is 11.2. The Balaban J connectivity index is 2.43. The Bertz CT molecular complexity index is 613. The molecular formula is C17H18BrNO2. The highest BCUT2D eigenvalue weighted by Gasteiger charge is 2.13. The highest BCUT2D eigenvalue weighted by Crippen LogP contribution is 2.29. The van der Waals surface area contributed by atoms with Gasteiger partial charge in [0.05, 0.1) is 5.56 Å². The van der Waals surface area contributed by atoms with Crippen LogP contribution in [0.1, 0.15) is 30.1 Å². The van der Waals surface area contributed by atoms with Crippen LogP contribution in [0.25, 0.3) is 0 Å². The van der Waals surface area contributed by atoms with Crippen LogP contribution < -0.4 is 4.90 Å². The van der Waals surface area contributed by atoms with Gasteiger partial charge in [-0.25, -0.2) is 4.79 Å². The lowest BCUT2D eigenvalue weighted by Crippen LogP contribution is -2.18. The number of hydrogen-bond acceptors (Lipinski definition) is 2. The first-order valence-corrected chi connectivity index (χ1v) is 7.77. The molecule has 0 radical (unpaired) electrons. The van der Waals surface area contributed by atoms with Crippen molar-refractivity contribution in [2.24, 2.45) is 0 Å². The highest BCUT2D eigenvalue weighted by molar-refractivity contribution is 9.10. The number of para-hydroxylation sites is 1. The van der Waals surface area contributed by atoms with E-state index in [0.29, 0.717) is 0 Å². The summed E-state index contributed by atoms with van der Waals surface area (Å²) in [5, 5.41) is 9.22. The van der Waals surface area contributed by atoms with Gasteiger partial charge in [-0.2, -0.15) is 0 Å². The summed E-state index contributed by atoms with van der Waals surface area (Å²) < 4.78 is 0.773. The minimum absolute atomic E-state index is 0.289. The maximum atomic E-state index is 11.2. The number of nitrogens with zero attached hydrogens (tertiary/aromatic N) is 1. The van der Waals surface area contributed by atoms with Crippen molar-refractivity contribution in [2.75, 3.05) is 11.4 Å². The van der Waals surface area contributed by atoms with E-state index in [0.717, 1.165) is 35.2 Å². The summed E-state index contributed by atoms with van der Waals surface area (Å²) in [4.78, 5) is 13.4.